The largest absolute Gasteiger partial charge is 0.480 e. The monoisotopic (exact) mass is 155 g/mol. The molecule has 1 aliphatic carbocycles. The Morgan fingerprint density at radius 1 is 1.55 bits per heavy atom. The molecule has 2 rings (SSSR count). The molecular weight excluding hydrogens is 142 g/mol. The number of carbonyl (C=O) groups is 1. The van der Waals surface area contributed by atoms with Crippen molar-refractivity contribution >= 4 is 5.97 Å². The zero-order chi connectivity index (χ0) is 7.90. The SMILES string of the molecule is O=C(O)[C@H]1CC2(CCC2)CN1. The van der Waals surface area contributed by atoms with E-state index in [0.717, 1.165) is 13.0 Å². The zero-order valence-electron chi connectivity index (χ0n) is 6.47. The van der Waals surface area contributed by atoms with E-state index in [4.69, 9.17) is 5.11 Å². The lowest BCUT2D eigenvalue weighted by Gasteiger charge is -2.37. The van der Waals surface area contributed by atoms with Crippen molar-refractivity contribution in [2.24, 2.45) is 5.41 Å². The minimum atomic E-state index is -0.686. The van der Waals surface area contributed by atoms with Gasteiger partial charge in [0.25, 0.3) is 0 Å². The third-order valence-corrected chi connectivity index (χ3v) is 3.07. The van der Waals surface area contributed by atoms with Crippen LogP contribution < -0.4 is 5.32 Å². The molecule has 1 aliphatic heterocycles. The number of hydrogen-bond acceptors (Lipinski definition) is 2. The Balaban J connectivity index is 1.98. The summed E-state index contributed by atoms with van der Waals surface area (Å²) in [5.41, 5.74) is 0.378. The van der Waals surface area contributed by atoms with Gasteiger partial charge in [-0.05, 0) is 24.7 Å². The Morgan fingerprint density at radius 2 is 2.27 bits per heavy atom. The quantitative estimate of drug-likeness (QED) is 0.583. The summed E-state index contributed by atoms with van der Waals surface area (Å²) < 4.78 is 0. The fraction of sp³-hybridized carbons (Fsp3) is 0.875. The minimum absolute atomic E-state index is 0.268. The molecule has 1 spiro atoms. The van der Waals surface area contributed by atoms with Gasteiger partial charge in [-0.2, -0.15) is 0 Å². The van der Waals surface area contributed by atoms with Crippen molar-refractivity contribution in [1.82, 2.24) is 5.32 Å². The molecule has 0 aromatic rings. The molecule has 0 unspecified atom stereocenters. The van der Waals surface area contributed by atoms with E-state index in [2.05, 4.69) is 5.32 Å². The van der Waals surface area contributed by atoms with Crippen LogP contribution in [0.5, 0.6) is 0 Å². The van der Waals surface area contributed by atoms with Gasteiger partial charge in [0.05, 0.1) is 0 Å². The van der Waals surface area contributed by atoms with Gasteiger partial charge >= 0.3 is 5.97 Å². The van der Waals surface area contributed by atoms with Gasteiger partial charge in [-0.1, -0.05) is 6.42 Å². The highest BCUT2D eigenvalue weighted by atomic mass is 16.4. The molecule has 0 radical (unpaired) electrons. The Hall–Kier alpha value is -0.570. The Morgan fingerprint density at radius 3 is 2.55 bits per heavy atom. The summed E-state index contributed by atoms with van der Waals surface area (Å²) in [6.07, 6.45) is 4.59. The number of hydrogen-bond donors (Lipinski definition) is 2. The average Bonchev–Trinajstić information content (AvgIpc) is 2.28. The summed E-state index contributed by atoms with van der Waals surface area (Å²) in [4.78, 5) is 10.6. The molecule has 11 heavy (non-hydrogen) atoms. The van der Waals surface area contributed by atoms with Crippen molar-refractivity contribution in [3.8, 4) is 0 Å². The summed E-state index contributed by atoms with van der Waals surface area (Å²) in [6.45, 7) is 0.921. The Labute approximate surface area is 65.8 Å². The van der Waals surface area contributed by atoms with Gasteiger partial charge in [0.2, 0.25) is 0 Å². The van der Waals surface area contributed by atoms with Crippen molar-refractivity contribution in [2.75, 3.05) is 6.54 Å². The van der Waals surface area contributed by atoms with Gasteiger partial charge in [0.15, 0.2) is 0 Å². The van der Waals surface area contributed by atoms with E-state index in [1.165, 1.54) is 19.3 Å². The molecule has 2 N–H and O–H groups in total. The van der Waals surface area contributed by atoms with Crippen LogP contribution in [0.2, 0.25) is 0 Å². The lowest BCUT2D eigenvalue weighted by molar-refractivity contribution is -0.139. The highest BCUT2D eigenvalue weighted by Crippen LogP contribution is 2.46. The number of rotatable bonds is 1. The Kier molecular flexibility index (Phi) is 1.42. The van der Waals surface area contributed by atoms with E-state index in [1.54, 1.807) is 0 Å². The van der Waals surface area contributed by atoms with Crippen LogP contribution in [-0.4, -0.2) is 23.7 Å². The highest BCUT2D eigenvalue weighted by molar-refractivity contribution is 5.74. The van der Waals surface area contributed by atoms with E-state index in [0.29, 0.717) is 5.41 Å². The molecule has 0 amide bonds. The van der Waals surface area contributed by atoms with Crippen LogP contribution in [-0.2, 0) is 4.79 Å². The Bertz CT molecular complexity index is 187. The third-order valence-electron chi connectivity index (χ3n) is 3.07. The van der Waals surface area contributed by atoms with E-state index in [-0.39, 0.29) is 6.04 Å². The maximum Gasteiger partial charge on any atom is 0.320 e. The van der Waals surface area contributed by atoms with E-state index in [1.807, 2.05) is 0 Å². The fourth-order valence-corrected chi connectivity index (χ4v) is 2.15. The molecule has 3 heteroatoms. The molecule has 62 valence electrons. The summed E-state index contributed by atoms with van der Waals surface area (Å²) in [5, 5.41) is 11.8. The normalized spacial score (nSPS) is 33.6. The van der Waals surface area contributed by atoms with Gasteiger partial charge < -0.3 is 10.4 Å². The first-order valence-electron chi connectivity index (χ1n) is 4.18. The average molecular weight is 155 g/mol. The molecular formula is C8H13NO2. The highest BCUT2D eigenvalue weighted by Gasteiger charge is 2.45. The van der Waals surface area contributed by atoms with Crippen LogP contribution >= 0.6 is 0 Å². The second-order valence-corrected chi connectivity index (χ2v) is 3.83. The van der Waals surface area contributed by atoms with E-state index >= 15 is 0 Å². The molecule has 0 bridgehead atoms. The summed E-state index contributed by atoms with van der Waals surface area (Å²) in [6, 6.07) is -0.268. The van der Waals surface area contributed by atoms with Gasteiger partial charge in [-0.15, -0.1) is 0 Å². The fourth-order valence-electron chi connectivity index (χ4n) is 2.15. The third kappa shape index (κ3) is 1.03. The van der Waals surface area contributed by atoms with Crippen LogP contribution in [0.25, 0.3) is 0 Å². The zero-order valence-corrected chi connectivity index (χ0v) is 6.47. The van der Waals surface area contributed by atoms with Crippen LogP contribution in [0.4, 0.5) is 0 Å². The lowest BCUT2D eigenvalue weighted by Crippen LogP contribution is -2.31. The number of carboxylic acids is 1. The lowest BCUT2D eigenvalue weighted by atomic mass is 9.67. The maximum absolute atomic E-state index is 10.6. The molecule has 1 saturated carbocycles. The number of carboxylic acid groups (broad SMARTS) is 1. The van der Waals surface area contributed by atoms with Gasteiger partial charge in [-0.25, -0.2) is 0 Å². The van der Waals surface area contributed by atoms with Gasteiger partial charge in [-0.3, -0.25) is 4.79 Å². The van der Waals surface area contributed by atoms with Gasteiger partial charge in [0, 0.05) is 6.54 Å². The van der Waals surface area contributed by atoms with Crippen LogP contribution in [0, 0.1) is 5.41 Å². The minimum Gasteiger partial charge on any atom is -0.480 e. The van der Waals surface area contributed by atoms with E-state index in [9.17, 15) is 4.79 Å². The van der Waals surface area contributed by atoms with Gasteiger partial charge in [0.1, 0.15) is 6.04 Å². The molecule has 2 aliphatic rings. The first kappa shape index (κ1) is 7.10. The second-order valence-electron chi connectivity index (χ2n) is 3.83. The first-order valence-corrected chi connectivity index (χ1v) is 4.18. The molecule has 1 heterocycles. The first-order chi connectivity index (χ1) is 5.22. The predicted octanol–water partition coefficient (Wildman–Crippen LogP) is 0.603. The standard InChI is InChI=1S/C8H13NO2/c10-7(11)6-4-8(5-9-6)2-1-3-8/h6,9H,1-5H2,(H,10,11)/t6-/m1/s1. The second kappa shape index (κ2) is 2.21. The molecule has 1 atom stereocenters. The van der Waals surface area contributed by atoms with Crippen molar-refractivity contribution in [1.29, 1.82) is 0 Å². The van der Waals surface area contributed by atoms with Crippen molar-refractivity contribution in [3.05, 3.63) is 0 Å². The van der Waals surface area contributed by atoms with Crippen LogP contribution in [0.15, 0.2) is 0 Å². The van der Waals surface area contributed by atoms with Crippen LogP contribution in [0.3, 0.4) is 0 Å². The number of nitrogens with one attached hydrogen (secondary N) is 1. The molecule has 0 aromatic heterocycles. The van der Waals surface area contributed by atoms with Crippen molar-refractivity contribution in [3.63, 3.8) is 0 Å². The summed E-state index contributed by atoms with van der Waals surface area (Å²) >= 11 is 0. The predicted molar refractivity (Wildman–Crippen MR) is 40.3 cm³/mol. The molecule has 2 fully saturated rings. The number of aliphatic carboxylic acids is 1. The summed E-state index contributed by atoms with van der Waals surface area (Å²) in [5.74, 6) is -0.686. The smallest absolute Gasteiger partial charge is 0.320 e. The van der Waals surface area contributed by atoms with Crippen molar-refractivity contribution in [2.45, 2.75) is 31.7 Å². The van der Waals surface area contributed by atoms with Crippen molar-refractivity contribution < 1.29 is 9.90 Å². The van der Waals surface area contributed by atoms with E-state index < -0.39 is 5.97 Å². The summed E-state index contributed by atoms with van der Waals surface area (Å²) in [7, 11) is 0. The maximum atomic E-state index is 10.6. The van der Waals surface area contributed by atoms with Crippen LogP contribution in [0.1, 0.15) is 25.7 Å². The molecule has 3 nitrogen and oxygen atoms in total. The molecule has 1 saturated heterocycles. The molecule has 0 aromatic carbocycles. The topological polar surface area (TPSA) is 49.3 Å².